The minimum absolute atomic E-state index is 0.0670. The summed E-state index contributed by atoms with van der Waals surface area (Å²) >= 11 is 4.95. The first-order valence-corrected chi connectivity index (χ1v) is 6.44. The van der Waals surface area contributed by atoms with Crippen LogP contribution >= 0.6 is 12.2 Å². The highest BCUT2D eigenvalue weighted by Gasteiger charge is 2.10. The highest BCUT2D eigenvalue weighted by molar-refractivity contribution is 7.71. The van der Waals surface area contributed by atoms with Crippen molar-refractivity contribution in [1.82, 2.24) is 24.7 Å². The molecule has 0 aliphatic heterocycles. The summed E-state index contributed by atoms with van der Waals surface area (Å²) in [5.41, 5.74) is -0.0670. The molecular formula is C11H9N7O3S. The van der Waals surface area contributed by atoms with E-state index in [-0.39, 0.29) is 12.2 Å². The van der Waals surface area contributed by atoms with Crippen molar-refractivity contribution in [3.8, 4) is 0 Å². The smallest absolute Gasteiger partial charge is 0.307 e. The molecule has 0 unspecified atom stereocenters. The van der Waals surface area contributed by atoms with Crippen molar-refractivity contribution in [1.29, 1.82) is 0 Å². The zero-order valence-corrected chi connectivity index (χ0v) is 11.8. The van der Waals surface area contributed by atoms with Crippen LogP contribution in [0, 0.1) is 14.9 Å². The monoisotopic (exact) mass is 319 g/mol. The van der Waals surface area contributed by atoms with Crippen molar-refractivity contribution in [3.05, 3.63) is 57.3 Å². The second kappa shape index (κ2) is 5.73. The first-order chi connectivity index (χ1) is 10.6. The molecule has 0 spiro atoms. The van der Waals surface area contributed by atoms with Gasteiger partial charge in [0.25, 0.3) is 0 Å². The van der Waals surface area contributed by atoms with E-state index in [9.17, 15) is 10.1 Å². The fourth-order valence-corrected chi connectivity index (χ4v) is 1.83. The molecule has 3 heterocycles. The molecule has 1 N–H and O–H groups in total. The van der Waals surface area contributed by atoms with Crippen LogP contribution in [0.1, 0.15) is 11.5 Å². The molecule has 11 heteroatoms. The maximum atomic E-state index is 10.6. The maximum Gasteiger partial charge on any atom is 0.307 e. The molecule has 3 rings (SSSR count). The van der Waals surface area contributed by atoms with Crippen LogP contribution in [0.4, 0.5) is 5.69 Å². The van der Waals surface area contributed by atoms with Gasteiger partial charge in [0, 0.05) is 0 Å². The fourth-order valence-electron chi connectivity index (χ4n) is 1.69. The molecule has 0 bridgehead atoms. The van der Waals surface area contributed by atoms with E-state index in [0.717, 1.165) is 0 Å². The number of nitro groups is 1. The number of hydrogen-bond donors (Lipinski definition) is 1. The van der Waals surface area contributed by atoms with Crippen molar-refractivity contribution in [2.24, 2.45) is 5.10 Å². The van der Waals surface area contributed by atoms with Crippen LogP contribution in [0.3, 0.4) is 0 Å². The summed E-state index contributed by atoms with van der Waals surface area (Å²) in [5, 5.41) is 24.9. The van der Waals surface area contributed by atoms with Crippen LogP contribution in [-0.2, 0) is 6.54 Å². The molecule has 0 aromatic carbocycles. The Morgan fingerprint density at radius 1 is 1.55 bits per heavy atom. The summed E-state index contributed by atoms with van der Waals surface area (Å²) in [6, 6.07) is 3.46. The number of H-pyrrole nitrogens is 1. The average Bonchev–Trinajstić information content (AvgIpc) is 3.19. The van der Waals surface area contributed by atoms with E-state index < -0.39 is 4.92 Å². The average molecular weight is 319 g/mol. The normalized spacial score (nSPS) is 11.3. The van der Waals surface area contributed by atoms with Gasteiger partial charge in [-0.15, -0.1) is 0 Å². The van der Waals surface area contributed by atoms with Gasteiger partial charge in [0.1, 0.15) is 30.2 Å². The van der Waals surface area contributed by atoms with Gasteiger partial charge in [0.15, 0.2) is 0 Å². The standard InChI is InChI=1S/C11H9N7O3S/c19-18(20)8-3-13-16(5-8)6-10-2-1-9(21-10)4-14-17-7-12-15-11(17)22/h1-5,7H,6H2,(H,15,22). The first kappa shape index (κ1) is 13.9. The number of aromatic nitrogens is 5. The molecule has 0 radical (unpaired) electrons. The third-order valence-electron chi connectivity index (χ3n) is 2.68. The Kier molecular flexibility index (Phi) is 3.62. The molecule has 0 saturated heterocycles. The summed E-state index contributed by atoms with van der Waals surface area (Å²) in [5.74, 6) is 1.11. The molecule has 3 aromatic rings. The van der Waals surface area contributed by atoms with Crippen molar-refractivity contribution in [2.45, 2.75) is 6.54 Å². The number of rotatable bonds is 5. The highest BCUT2D eigenvalue weighted by Crippen LogP contribution is 2.12. The van der Waals surface area contributed by atoms with Crippen molar-refractivity contribution >= 4 is 24.1 Å². The molecule has 0 aliphatic rings. The van der Waals surface area contributed by atoms with E-state index in [1.54, 1.807) is 12.1 Å². The van der Waals surface area contributed by atoms with Crippen LogP contribution in [0.2, 0.25) is 0 Å². The number of furan rings is 1. The summed E-state index contributed by atoms with van der Waals surface area (Å²) in [7, 11) is 0. The molecule has 3 aromatic heterocycles. The topological polar surface area (TPSA) is 120 Å². The van der Waals surface area contributed by atoms with Gasteiger partial charge in [-0.1, -0.05) is 0 Å². The molecule has 22 heavy (non-hydrogen) atoms. The van der Waals surface area contributed by atoms with Crippen LogP contribution in [0.5, 0.6) is 0 Å². The highest BCUT2D eigenvalue weighted by atomic mass is 32.1. The van der Waals surface area contributed by atoms with Gasteiger partial charge < -0.3 is 4.42 Å². The quantitative estimate of drug-likeness (QED) is 0.330. The Balaban J connectivity index is 1.70. The fraction of sp³-hybridized carbons (Fsp3) is 0.0909. The second-order valence-electron chi connectivity index (χ2n) is 4.21. The lowest BCUT2D eigenvalue weighted by atomic mass is 10.4. The minimum Gasteiger partial charge on any atom is -0.458 e. The minimum atomic E-state index is -0.502. The van der Waals surface area contributed by atoms with E-state index in [2.05, 4.69) is 20.4 Å². The van der Waals surface area contributed by atoms with Crippen LogP contribution in [0.15, 0.2) is 40.4 Å². The molecule has 0 amide bonds. The van der Waals surface area contributed by atoms with Crippen molar-refractivity contribution < 1.29 is 9.34 Å². The Morgan fingerprint density at radius 3 is 3.09 bits per heavy atom. The van der Waals surface area contributed by atoms with Crippen molar-refractivity contribution in [2.75, 3.05) is 0 Å². The van der Waals surface area contributed by atoms with Gasteiger partial charge in [0.05, 0.1) is 17.7 Å². The van der Waals surface area contributed by atoms with Gasteiger partial charge in [0.2, 0.25) is 4.77 Å². The zero-order valence-electron chi connectivity index (χ0n) is 11.0. The van der Waals surface area contributed by atoms with Crippen molar-refractivity contribution in [3.63, 3.8) is 0 Å². The van der Waals surface area contributed by atoms with E-state index in [1.807, 2.05) is 0 Å². The second-order valence-corrected chi connectivity index (χ2v) is 4.59. The van der Waals surface area contributed by atoms with Gasteiger partial charge in [-0.2, -0.15) is 20.0 Å². The molecule has 10 nitrogen and oxygen atoms in total. The Hall–Kier alpha value is -3.08. The summed E-state index contributed by atoms with van der Waals surface area (Å²) < 4.78 is 8.71. The molecule has 0 aliphatic carbocycles. The van der Waals surface area contributed by atoms with Gasteiger partial charge in [-0.3, -0.25) is 19.9 Å². The van der Waals surface area contributed by atoms with Gasteiger partial charge in [-0.05, 0) is 24.4 Å². The van der Waals surface area contributed by atoms with Crippen LogP contribution in [-0.4, -0.2) is 35.8 Å². The molecule has 0 fully saturated rings. The predicted octanol–water partition coefficient (Wildman–Crippen LogP) is 1.57. The lowest BCUT2D eigenvalue weighted by Crippen LogP contribution is -1.98. The Morgan fingerprint density at radius 2 is 2.41 bits per heavy atom. The van der Waals surface area contributed by atoms with E-state index in [1.165, 1.54) is 34.3 Å². The summed E-state index contributed by atoms with van der Waals surface area (Å²) in [4.78, 5) is 10.1. The SMILES string of the molecule is O=[N+]([O-])c1cnn(Cc2ccc(C=Nn3cn[nH]c3=S)o2)c1. The van der Waals surface area contributed by atoms with E-state index in [0.29, 0.717) is 16.3 Å². The molecular weight excluding hydrogens is 310 g/mol. The number of aromatic amines is 1. The zero-order chi connectivity index (χ0) is 15.5. The maximum absolute atomic E-state index is 10.6. The first-order valence-electron chi connectivity index (χ1n) is 6.04. The summed E-state index contributed by atoms with van der Waals surface area (Å²) in [6.07, 6.45) is 5.44. The Bertz CT molecular complexity index is 887. The third kappa shape index (κ3) is 2.98. The molecule has 0 atom stereocenters. The van der Waals surface area contributed by atoms with Crippen LogP contribution in [0.25, 0.3) is 0 Å². The van der Waals surface area contributed by atoms with Crippen LogP contribution < -0.4 is 0 Å². The molecule has 112 valence electrons. The Labute approximate surface area is 127 Å². The predicted molar refractivity (Wildman–Crippen MR) is 77.1 cm³/mol. The lowest BCUT2D eigenvalue weighted by molar-refractivity contribution is -0.385. The molecule has 0 saturated carbocycles. The van der Waals surface area contributed by atoms with Gasteiger partial charge >= 0.3 is 5.69 Å². The van der Waals surface area contributed by atoms with E-state index >= 15 is 0 Å². The largest absolute Gasteiger partial charge is 0.458 e. The summed E-state index contributed by atoms with van der Waals surface area (Å²) in [6.45, 7) is 0.285. The number of nitrogens with zero attached hydrogens (tertiary/aromatic N) is 6. The lowest BCUT2D eigenvalue weighted by Gasteiger charge is -1.95. The van der Waals surface area contributed by atoms with Gasteiger partial charge in [-0.25, -0.2) is 0 Å². The van der Waals surface area contributed by atoms with E-state index in [4.69, 9.17) is 16.6 Å². The number of hydrogen-bond acceptors (Lipinski definition) is 7. The number of nitrogens with one attached hydrogen (secondary N) is 1. The third-order valence-corrected chi connectivity index (χ3v) is 2.95.